The van der Waals surface area contributed by atoms with Gasteiger partial charge in [-0.05, 0) is 31.5 Å². The summed E-state index contributed by atoms with van der Waals surface area (Å²) in [6.45, 7) is 3.14. The van der Waals surface area contributed by atoms with E-state index in [-0.39, 0.29) is 5.97 Å². The quantitative estimate of drug-likeness (QED) is 0.791. The summed E-state index contributed by atoms with van der Waals surface area (Å²) in [6, 6.07) is 7.13. The van der Waals surface area contributed by atoms with E-state index in [4.69, 9.17) is 4.74 Å². The average molecular weight is 265 g/mol. The van der Waals surface area contributed by atoms with Crippen molar-refractivity contribution in [1.82, 2.24) is 0 Å². The Kier molecular flexibility index (Phi) is 4.39. The zero-order chi connectivity index (χ0) is 13.8. The molecule has 19 heavy (non-hydrogen) atoms. The summed E-state index contributed by atoms with van der Waals surface area (Å²) in [4.78, 5) is 13.6. The van der Waals surface area contributed by atoms with Gasteiger partial charge in [0.2, 0.25) is 0 Å². The van der Waals surface area contributed by atoms with Crippen LogP contribution in [-0.4, -0.2) is 48.1 Å². The molecule has 1 aromatic rings. The fourth-order valence-electron chi connectivity index (χ4n) is 2.20. The number of aliphatic hydroxyl groups is 2. The van der Waals surface area contributed by atoms with Crippen molar-refractivity contribution >= 4 is 11.7 Å². The van der Waals surface area contributed by atoms with Gasteiger partial charge in [0.25, 0.3) is 0 Å². The van der Waals surface area contributed by atoms with Gasteiger partial charge in [0.15, 0.2) is 0 Å². The Hall–Kier alpha value is -1.59. The SMILES string of the molecule is CCOC(=O)c1cccc(N2CCC(O)C(O)C2)c1. The first-order chi connectivity index (χ1) is 9.11. The number of rotatable bonds is 3. The predicted molar refractivity (Wildman–Crippen MR) is 71.2 cm³/mol. The Morgan fingerprint density at radius 2 is 2.21 bits per heavy atom. The number of anilines is 1. The van der Waals surface area contributed by atoms with E-state index in [9.17, 15) is 15.0 Å². The lowest BCUT2D eigenvalue weighted by molar-refractivity contribution is 0.00801. The summed E-state index contributed by atoms with van der Waals surface area (Å²) in [5, 5.41) is 19.2. The Balaban J connectivity index is 2.12. The van der Waals surface area contributed by atoms with Crippen molar-refractivity contribution in [3.05, 3.63) is 29.8 Å². The fraction of sp³-hybridized carbons (Fsp3) is 0.500. The van der Waals surface area contributed by atoms with Crippen LogP contribution in [0.5, 0.6) is 0 Å². The molecule has 1 aliphatic rings. The van der Waals surface area contributed by atoms with Crippen molar-refractivity contribution < 1.29 is 19.7 Å². The molecule has 0 aliphatic carbocycles. The van der Waals surface area contributed by atoms with Gasteiger partial charge in [-0.1, -0.05) is 6.07 Å². The van der Waals surface area contributed by atoms with Gasteiger partial charge in [0.1, 0.15) is 0 Å². The Morgan fingerprint density at radius 3 is 2.89 bits per heavy atom. The van der Waals surface area contributed by atoms with Crippen LogP contribution in [0.3, 0.4) is 0 Å². The van der Waals surface area contributed by atoms with Crippen LogP contribution >= 0.6 is 0 Å². The molecular formula is C14H19NO4. The number of piperidine rings is 1. The van der Waals surface area contributed by atoms with Crippen LogP contribution in [0.2, 0.25) is 0 Å². The Bertz CT molecular complexity index is 449. The lowest BCUT2D eigenvalue weighted by atomic mass is 10.0. The van der Waals surface area contributed by atoms with Crippen molar-refractivity contribution in [2.24, 2.45) is 0 Å². The normalized spacial score (nSPS) is 23.2. The van der Waals surface area contributed by atoms with E-state index >= 15 is 0 Å². The minimum Gasteiger partial charge on any atom is -0.462 e. The second-order valence-electron chi connectivity index (χ2n) is 4.64. The van der Waals surface area contributed by atoms with E-state index in [1.165, 1.54) is 0 Å². The maximum Gasteiger partial charge on any atom is 0.338 e. The molecule has 0 bridgehead atoms. The van der Waals surface area contributed by atoms with Crippen LogP contribution in [-0.2, 0) is 4.74 Å². The number of hydrogen-bond donors (Lipinski definition) is 2. The molecule has 1 fully saturated rings. The van der Waals surface area contributed by atoms with Crippen LogP contribution < -0.4 is 4.90 Å². The van der Waals surface area contributed by atoms with Crippen molar-refractivity contribution in [1.29, 1.82) is 0 Å². The molecule has 1 aromatic carbocycles. The second-order valence-corrected chi connectivity index (χ2v) is 4.64. The zero-order valence-electron chi connectivity index (χ0n) is 11.0. The molecule has 1 aliphatic heterocycles. The van der Waals surface area contributed by atoms with E-state index < -0.39 is 12.2 Å². The summed E-state index contributed by atoms with van der Waals surface area (Å²) < 4.78 is 4.96. The molecule has 2 N–H and O–H groups in total. The third kappa shape index (κ3) is 3.24. The molecule has 104 valence electrons. The molecule has 0 saturated carbocycles. The van der Waals surface area contributed by atoms with Crippen LogP contribution in [0.25, 0.3) is 0 Å². The molecule has 5 heteroatoms. The first kappa shape index (κ1) is 13.8. The molecular weight excluding hydrogens is 246 g/mol. The minimum absolute atomic E-state index is 0.345. The summed E-state index contributed by atoms with van der Waals surface area (Å²) in [5.74, 6) is -0.345. The minimum atomic E-state index is -0.750. The fourth-order valence-corrected chi connectivity index (χ4v) is 2.20. The molecule has 0 aromatic heterocycles. The second kappa shape index (κ2) is 6.04. The van der Waals surface area contributed by atoms with E-state index in [1.54, 1.807) is 25.1 Å². The van der Waals surface area contributed by atoms with Gasteiger partial charge in [-0.2, -0.15) is 0 Å². The summed E-state index contributed by atoms with van der Waals surface area (Å²) in [7, 11) is 0. The molecule has 0 amide bonds. The first-order valence-electron chi connectivity index (χ1n) is 6.50. The maximum atomic E-state index is 11.7. The number of carbonyl (C=O) groups excluding carboxylic acids is 1. The third-order valence-corrected chi connectivity index (χ3v) is 3.27. The summed E-state index contributed by atoms with van der Waals surface area (Å²) in [5.41, 5.74) is 1.36. The number of nitrogens with zero attached hydrogens (tertiary/aromatic N) is 1. The number of β-amino-alcohol motifs (C(OH)–C–C–N with tert-alkyl or cyclic N) is 1. The van der Waals surface area contributed by atoms with Gasteiger partial charge < -0.3 is 19.8 Å². The highest BCUT2D eigenvalue weighted by atomic mass is 16.5. The van der Waals surface area contributed by atoms with Gasteiger partial charge in [-0.3, -0.25) is 0 Å². The van der Waals surface area contributed by atoms with Gasteiger partial charge >= 0.3 is 5.97 Å². The maximum absolute atomic E-state index is 11.7. The number of esters is 1. The molecule has 5 nitrogen and oxygen atoms in total. The number of benzene rings is 1. The number of hydrogen-bond acceptors (Lipinski definition) is 5. The molecule has 2 atom stereocenters. The van der Waals surface area contributed by atoms with Gasteiger partial charge in [-0.15, -0.1) is 0 Å². The van der Waals surface area contributed by atoms with Crippen LogP contribution in [0.4, 0.5) is 5.69 Å². The number of ether oxygens (including phenoxy) is 1. The van der Waals surface area contributed by atoms with Gasteiger partial charge in [0, 0.05) is 18.8 Å². The lowest BCUT2D eigenvalue weighted by Gasteiger charge is -2.35. The monoisotopic (exact) mass is 265 g/mol. The summed E-state index contributed by atoms with van der Waals surface area (Å²) >= 11 is 0. The highest BCUT2D eigenvalue weighted by molar-refractivity contribution is 5.90. The Morgan fingerprint density at radius 1 is 1.42 bits per heavy atom. The van der Waals surface area contributed by atoms with E-state index in [1.807, 2.05) is 11.0 Å². The molecule has 1 saturated heterocycles. The largest absolute Gasteiger partial charge is 0.462 e. The van der Waals surface area contributed by atoms with Gasteiger partial charge in [0.05, 0.1) is 24.4 Å². The third-order valence-electron chi connectivity index (χ3n) is 3.27. The van der Waals surface area contributed by atoms with Crippen LogP contribution in [0.1, 0.15) is 23.7 Å². The Labute approximate surface area is 112 Å². The number of carbonyl (C=O) groups is 1. The van der Waals surface area contributed by atoms with Crippen LogP contribution in [0, 0.1) is 0 Å². The predicted octanol–water partition coefficient (Wildman–Crippen LogP) is 0.795. The lowest BCUT2D eigenvalue weighted by Crippen LogP contribution is -2.46. The zero-order valence-corrected chi connectivity index (χ0v) is 11.0. The molecule has 2 rings (SSSR count). The van der Waals surface area contributed by atoms with Gasteiger partial charge in [-0.25, -0.2) is 4.79 Å². The summed E-state index contributed by atoms with van der Waals surface area (Å²) in [6.07, 6.45) is -0.894. The highest BCUT2D eigenvalue weighted by Crippen LogP contribution is 2.21. The average Bonchev–Trinajstić information content (AvgIpc) is 2.42. The molecule has 0 spiro atoms. The van der Waals surface area contributed by atoms with Crippen molar-refractivity contribution in [3.8, 4) is 0 Å². The van der Waals surface area contributed by atoms with E-state index in [2.05, 4.69) is 0 Å². The molecule has 2 unspecified atom stereocenters. The first-order valence-corrected chi connectivity index (χ1v) is 6.50. The van der Waals surface area contributed by atoms with E-state index in [0.717, 1.165) is 5.69 Å². The van der Waals surface area contributed by atoms with Crippen LogP contribution in [0.15, 0.2) is 24.3 Å². The van der Waals surface area contributed by atoms with Crippen molar-refractivity contribution in [2.45, 2.75) is 25.6 Å². The standard InChI is InChI=1S/C14H19NO4/c1-2-19-14(18)10-4-3-5-11(8-10)15-7-6-12(16)13(17)9-15/h3-5,8,12-13,16-17H,2,6-7,9H2,1H3. The number of aliphatic hydroxyl groups excluding tert-OH is 2. The smallest absolute Gasteiger partial charge is 0.338 e. The molecule has 1 heterocycles. The van der Waals surface area contributed by atoms with E-state index in [0.29, 0.717) is 31.7 Å². The topological polar surface area (TPSA) is 70.0 Å². The molecule has 0 radical (unpaired) electrons. The van der Waals surface area contributed by atoms with Crippen molar-refractivity contribution in [2.75, 3.05) is 24.6 Å². The highest BCUT2D eigenvalue weighted by Gasteiger charge is 2.26. The van der Waals surface area contributed by atoms with Crippen molar-refractivity contribution in [3.63, 3.8) is 0 Å².